The van der Waals surface area contributed by atoms with E-state index in [0.717, 1.165) is 25.3 Å². The molecule has 2 aliphatic rings. The van der Waals surface area contributed by atoms with Gasteiger partial charge in [-0.3, -0.25) is 0 Å². The van der Waals surface area contributed by atoms with E-state index in [2.05, 4.69) is 37.7 Å². The van der Waals surface area contributed by atoms with E-state index in [1.54, 1.807) is 19.3 Å². The normalized spacial score (nSPS) is 21.7. The van der Waals surface area contributed by atoms with Crippen LogP contribution in [-0.2, 0) is 4.74 Å². The first-order valence-electron chi connectivity index (χ1n) is 8.61. The van der Waals surface area contributed by atoms with Gasteiger partial charge in [-0.2, -0.15) is 0 Å². The molecule has 0 aromatic carbocycles. The average molecular weight is 339 g/mol. The van der Waals surface area contributed by atoms with Gasteiger partial charge in [-0.05, 0) is 38.0 Å². The molecule has 0 N–H and O–H groups in total. The van der Waals surface area contributed by atoms with E-state index in [4.69, 9.17) is 4.74 Å². The molecular weight excluding hydrogens is 318 g/mol. The van der Waals surface area contributed by atoms with Crippen molar-refractivity contribution in [2.75, 3.05) is 29.5 Å². The van der Waals surface area contributed by atoms with E-state index < -0.39 is 0 Å². The standard InChI is InChI=1S/C18H21N5O2/c1-3-25-17(24)13-8-20-18(21-9-13)23-11-14-7-15(23)10-22(14)16-6-12(2)4-5-19-16/h4-6,8-9,14-15H,3,7,10-11H2,1-2H3/t14-,15-/m1/s1. The van der Waals surface area contributed by atoms with Crippen LogP contribution in [0.15, 0.2) is 30.7 Å². The fourth-order valence-corrected chi connectivity index (χ4v) is 3.66. The number of pyridine rings is 1. The summed E-state index contributed by atoms with van der Waals surface area (Å²) >= 11 is 0. The van der Waals surface area contributed by atoms with Crippen LogP contribution in [0, 0.1) is 6.92 Å². The molecule has 2 atom stereocenters. The molecule has 0 radical (unpaired) electrons. The monoisotopic (exact) mass is 339 g/mol. The number of hydrogen-bond donors (Lipinski definition) is 0. The highest BCUT2D eigenvalue weighted by Crippen LogP contribution is 2.35. The number of hydrogen-bond acceptors (Lipinski definition) is 7. The summed E-state index contributed by atoms with van der Waals surface area (Å²) in [6.45, 7) is 6.01. The van der Waals surface area contributed by atoms with E-state index in [1.807, 2.05) is 12.3 Å². The lowest BCUT2D eigenvalue weighted by molar-refractivity contribution is 0.0525. The molecule has 0 unspecified atom stereocenters. The summed E-state index contributed by atoms with van der Waals surface area (Å²) in [5, 5.41) is 0. The van der Waals surface area contributed by atoms with E-state index in [9.17, 15) is 4.79 Å². The average Bonchev–Trinajstić information content (AvgIpc) is 3.23. The molecule has 4 heterocycles. The minimum atomic E-state index is -0.381. The van der Waals surface area contributed by atoms with Gasteiger partial charge in [0.1, 0.15) is 5.82 Å². The fourth-order valence-electron chi connectivity index (χ4n) is 3.66. The highest BCUT2D eigenvalue weighted by atomic mass is 16.5. The first kappa shape index (κ1) is 15.8. The lowest BCUT2D eigenvalue weighted by Gasteiger charge is -2.35. The van der Waals surface area contributed by atoms with Crippen LogP contribution in [0.3, 0.4) is 0 Å². The van der Waals surface area contributed by atoms with Gasteiger partial charge in [0, 0.05) is 31.7 Å². The maximum atomic E-state index is 11.7. The maximum absolute atomic E-state index is 11.7. The summed E-state index contributed by atoms with van der Waals surface area (Å²) < 4.78 is 4.97. The highest BCUT2D eigenvalue weighted by Gasteiger charge is 2.44. The Balaban J connectivity index is 1.46. The second-order valence-corrected chi connectivity index (χ2v) is 6.53. The van der Waals surface area contributed by atoms with Crippen LogP contribution in [0.5, 0.6) is 0 Å². The molecule has 130 valence electrons. The van der Waals surface area contributed by atoms with Gasteiger partial charge in [-0.1, -0.05) is 0 Å². The predicted molar refractivity (Wildman–Crippen MR) is 93.8 cm³/mol. The molecule has 2 aromatic rings. The number of aryl methyl sites for hydroxylation is 1. The molecule has 0 spiro atoms. The van der Waals surface area contributed by atoms with Crippen LogP contribution < -0.4 is 9.80 Å². The summed E-state index contributed by atoms with van der Waals surface area (Å²) in [6, 6.07) is 4.95. The number of esters is 1. The Morgan fingerprint density at radius 2 is 1.92 bits per heavy atom. The quantitative estimate of drug-likeness (QED) is 0.787. The van der Waals surface area contributed by atoms with Crippen molar-refractivity contribution in [3.05, 3.63) is 41.9 Å². The van der Waals surface area contributed by atoms with Gasteiger partial charge in [0.15, 0.2) is 0 Å². The summed E-state index contributed by atoms with van der Waals surface area (Å²) in [5.74, 6) is 1.34. The topological polar surface area (TPSA) is 71.5 Å². The van der Waals surface area contributed by atoms with Gasteiger partial charge in [0.05, 0.1) is 24.3 Å². The molecule has 0 saturated carbocycles. The number of anilines is 2. The van der Waals surface area contributed by atoms with Gasteiger partial charge in [0.25, 0.3) is 0 Å². The van der Waals surface area contributed by atoms with Gasteiger partial charge < -0.3 is 14.5 Å². The van der Waals surface area contributed by atoms with Crippen LogP contribution in [0.25, 0.3) is 0 Å². The number of ether oxygens (including phenoxy) is 1. The van der Waals surface area contributed by atoms with Crippen LogP contribution in [0.4, 0.5) is 11.8 Å². The Hall–Kier alpha value is -2.70. The third-order valence-corrected chi connectivity index (χ3v) is 4.84. The number of fused-ring (bicyclic) bond motifs is 2. The summed E-state index contributed by atoms with van der Waals surface area (Å²) in [7, 11) is 0. The van der Waals surface area contributed by atoms with Gasteiger partial charge >= 0.3 is 5.97 Å². The van der Waals surface area contributed by atoms with Gasteiger partial charge in [-0.15, -0.1) is 0 Å². The molecular formula is C18H21N5O2. The Morgan fingerprint density at radius 1 is 1.20 bits per heavy atom. The van der Waals surface area contributed by atoms with E-state index in [1.165, 1.54) is 5.56 Å². The van der Waals surface area contributed by atoms with Crippen molar-refractivity contribution in [3.8, 4) is 0 Å². The molecule has 0 amide bonds. The maximum Gasteiger partial charge on any atom is 0.341 e. The lowest BCUT2D eigenvalue weighted by Crippen LogP contribution is -2.47. The van der Waals surface area contributed by atoms with Crippen LogP contribution in [0.1, 0.15) is 29.3 Å². The molecule has 2 aliphatic heterocycles. The minimum absolute atomic E-state index is 0.347. The number of piperazine rings is 1. The van der Waals surface area contributed by atoms with E-state index in [0.29, 0.717) is 30.2 Å². The second kappa shape index (κ2) is 6.31. The summed E-state index contributed by atoms with van der Waals surface area (Å²) in [5.41, 5.74) is 1.61. The fraction of sp³-hybridized carbons (Fsp3) is 0.444. The molecule has 2 aromatic heterocycles. The zero-order valence-electron chi connectivity index (χ0n) is 14.4. The molecule has 2 bridgehead atoms. The van der Waals surface area contributed by atoms with Gasteiger partial charge in [-0.25, -0.2) is 19.7 Å². The van der Waals surface area contributed by atoms with Crippen molar-refractivity contribution in [1.82, 2.24) is 15.0 Å². The number of nitrogens with zero attached hydrogens (tertiary/aromatic N) is 5. The molecule has 7 heteroatoms. The number of carbonyl (C=O) groups is 1. The zero-order chi connectivity index (χ0) is 17.4. The molecule has 4 rings (SSSR count). The minimum Gasteiger partial charge on any atom is -0.462 e. The Labute approximate surface area is 146 Å². The number of carbonyl (C=O) groups excluding carboxylic acids is 1. The SMILES string of the molecule is CCOC(=O)c1cnc(N2C[C@H]3C[C@@H]2CN3c2cc(C)ccn2)nc1. The van der Waals surface area contributed by atoms with Crippen molar-refractivity contribution in [2.45, 2.75) is 32.4 Å². The lowest BCUT2D eigenvalue weighted by atomic mass is 10.2. The largest absolute Gasteiger partial charge is 0.462 e. The van der Waals surface area contributed by atoms with Crippen molar-refractivity contribution in [2.24, 2.45) is 0 Å². The molecule has 0 aliphatic carbocycles. The van der Waals surface area contributed by atoms with Crippen LogP contribution >= 0.6 is 0 Å². The smallest absolute Gasteiger partial charge is 0.341 e. The van der Waals surface area contributed by atoms with Crippen molar-refractivity contribution in [1.29, 1.82) is 0 Å². The first-order chi connectivity index (χ1) is 12.2. The summed E-state index contributed by atoms with van der Waals surface area (Å²) in [4.78, 5) is 29.6. The van der Waals surface area contributed by atoms with Gasteiger partial charge in [0.2, 0.25) is 5.95 Å². The summed E-state index contributed by atoms with van der Waals surface area (Å²) in [6.07, 6.45) is 6.04. The van der Waals surface area contributed by atoms with Crippen LogP contribution in [0.2, 0.25) is 0 Å². The van der Waals surface area contributed by atoms with Crippen molar-refractivity contribution < 1.29 is 9.53 Å². The Kier molecular flexibility index (Phi) is 3.99. The third kappa shape index (κ3) is 2.90. The molecule has 2 saturated heterocycles. The second-order valence-electron chi connectivity index (χ2n) is 6.53. The zero-order valence-corrected chi connectivity index (χ0v) is 14.4. The number of aromatic nitrogens is 3. The van der Waals surface area contributed by atoms with E-state index in [-0.39, 0.29) is 5.97 Å². The van der Waals surface area contributed by atoms with Crippen molar-refractivity contribution >= 4 is 17.7 Å². The Morgan fingerprint density at radius 3 is 2.56 bits per heavy atom. The predicted octanol–water partition coefficient (Wildman–Crippen LogP) is 1.82. The third-order valence-electron chi connectivity index (χ3n) is 4.84. The first-order valence-corrected chi connectivity index (χ1v) is 8.61. The number of rotatable bonds is 4. The Bertz CT molecular complexity index is 779. The van der Waals surface area contributed by atoms with Crippen molar-refractivity contribution in [3.63, 3.8) is 0 Å². The molecule has 2 fully saturated rings. The molecule has 7 nitrogen and oxygen atoms in total. The molecule has 25 heavy (non-hydrogen) atoms. The highest BCUT2D eigenvalue weighted by molar-refractivity contribution is 5.88. The van der Waals surface area contributed by atoms with Crippen LogP contribution in [-0.4, -0.2) is 52.7 Å². The van der Waals surface area contributed by atoms with E-state index >= 15 is 0 Å².